The summed E-state index contributed by atoms with van der Waals surface area (Å²) in [4.78, 5) is 6.86. The van der Waals surface area contributed by atoms with Crippen molar-refractivity contribution in [3.05, 3.63) is 261 Å². The van der Waals surface area contributed by atoms with E-state index < -0.39 is 0 Å². The SMILES string of the molecule is C=C/C=C(\C=C)N(c1ccccc1)c1ccc(N(/C(=C/C)c2ccccc2C=C)c2ccc(-c3ccc(N(c4ccc(C)cc4)c4cccc5ccccc45)cc3)cc2)cc1. The second-order valence-electron chi connectivity index (χ2n) is 14.8. The van der Waals surface area contributed by atoms with Crippen LogP contribution in [0.3, 0.4) is 0 Å². The molecule has 0 aliphatic rings. The lowest BCUT2D eigenvalue weighted by Gasteiger charge is -2.31. The lowest BCUT2D eigenvalue weighted by molar-refractivity contribution is 1.20. The quantitative estimate of drug-likeness (QED) is 0.102. The zero-order chi connectivity index (χ0) is 42.1. The van der Waals surface area contributed by atoms with E-state index in [1.54, 1.807) is 6.08 Å². The van der Waals surface area contributed by atoms with Gasteiger partial charge in [0.15, 0.2) is 0 Å². The van der Waals surface area contributed by atoms with Crippen molar-refractivity contribution in [2.45, 2.75) is 13.8 Å². The van der Waals surface area contributed by atoms with E-state index in [9.17, 15) is 0 Å². The van der Waals surface area contributed by atoms with Crippen LogP contribution in [0.15, 0.2) is 244 Å². The molecule has 8 aromatic rings. The molecule has 3 heteroatoms. The topological polar surface area (TPSA) is 9.72 Å². The third-order valence-corrected chi connectivity index (χ3v) is 11.0. The molecule has 8 rings (SSSR count). The Kier molecular flexibility index (Phi) is 12.0. The molecule has 0 bridgehead atoms. The van der Waals surface area contributed by atoms with Crippen molar-refractivity contribution in [2.24, 2.45) is 0 Å². The van der Waals surface area contributed by atoms with Crippen LogP contribution in [0.4, 0.5) is 39.8 Å². The first-order chi connectivity index (χ1) is 30.0. The van der Waals surface area contributed by atoms with Gasteiger partial charge in [0.25, 0.3) is 0 Å². The van der Waals surface area contributed by atoms with E-state index in [4.69, 9.17) is 0 Å². The number of hydrogen-bond donors (Lipinski definition) is 0. The minimum Gasteiger partial charge on any atom is -0.311 e. The number of rotatable bonds is 14. The van der Waals surface area contributed by atoms with Crippen LogP contribution in [0.25, 0.3) is 33.7 Å². The zero-order valence-corrected chi connectivity index (χ0v) is 34.8. The summed E-state index contributed by atoms with van der Waals surface area (Å²) in [6.45, 7) is 16.4. The van der Waals surface area contributed by atoms with Gasteiger partial charge in [-0.1, -0.05) is 159 Å². The maximum atomic E-state index is 4.15. The van der Waals surface area contributed by atoms with Crippen molar-refractivity contribution in [2.75, 3.05) is 14.7 Å². The van der Waals surface area contributed by atoms with Gasteiger partial charge in [-0.15, -0.1) is 0 Å². The smallest absolute Gasteiger partial charge is 0.0540 e. The van der Waals surface area contributed by atoms with Crippen molar-refractivity contribution < 1.29 is 0 Å². The molecule has 0 saturated carbocycles. The van der Waals surface area contributed by atoms with E-state index in [1.807, 2.05) is 36.4 Å². The molecular formula is C58H49N3. The first kappa shape index (κ1) is 39.9. The molecule has 0 heterocycles. The van der Waals surface area contributed by atoms with E-state index in [1.165, 1.54) is 16.3 Å². The molecule has 0 saturated heterocycles. The molecule has 3 nitrogen and oxygen atoms in total. The normalized spacial score (nSPS) is 11.5. The zero-order valence-electron chi connectivity index (χ0n) is 34.8. The highest BCUT2D eigenvalue weighted by Crippen LogP contribution is 2.42. The van der Waals surface area contributed by atoms with Gasteiger partial charge >= 0.3 is 0 Å². The predicted molar refractivity (Wildman–Crippen MR) is 265 cm³/mol. The Morgan fingerprint density at radius 2 is 0.984 bits per heavy atom. The predicted octanol–water partition coefficient (Wildman–Crippen LogP) is 16.5. The number of aryl methyl sites for hydroxylation is 1. The number of anilines is 7. The van der Waals surface area contributed by atoms with Crippen molar-refractivity contribution >= 4 is 62.4 Å². The van der Waals surface area contributed by atoms with Crippen molar-refractivity contribution in [1.29, 1.82) is 0 Å². The fourth-order valence-corrected chi connectivity index (χ4v) is 8.00. The Labute approximate surface area is 361 Å². The molecule has 0 aliphatic carbocycles. The van der Waals surface area contributed by atoms with E-state index in [-0.39, 0.29) is 0 Å². The van der Waals surface area contributed by atoms with Crippen LogP contribution in [-0.2, 0) is 0 Å². The number of benzene rings is 8. The van der Waals surface area contributed by atoms with Crippen LogP contribution in [0.1, 0.15) is 23.6 Å². The Morgan fingerprint density at radius 1 is 0.475 bits per heavy atom. The summed E-state index contributed by atoms with van der Waals surface area (Å²) >= 11 is 0. The van der Waals surface area contributed by atoms with Gasteiger partial charge in [0.05, 0.1) is 5.69 Å². The summed E-state index contributed by atoms with van der Waals surface area (Å²) in [6.07, 6.45) is 9.73. The van der Waals surface area contributed by atoms with E-state index in [2.05, 4.69) is 230 Å². The van der Waals surface area contributed by atoms with Gasteiger partial charge < -0.3 is 14.7 Å². The van der Waals surface area contributed by atoms with E-state index >= 15 is 0 Å². The van der Waals surface area contributed by atoms with Crippen LogP contribution >= 0.6 is 0 Å². The van der Waals surface area contributed by atoms with Gasteiger partial charge in [-0.05, 0) is 127 Å². The number of hydrogen-bond acceptors (Lipinski definition) is 3. The highest BCUT2D eigenvalue weighted by Gasteiger charge is 2.20. The summed E-state index contributed by atoms with van der Waals surface area (Å²) < 4.78 is 0. The molecule has 0 amide bonds. The number of allylic oxidation sites excluding steroid dienone is 4. The minimum atomic E-state index is 0.930. The first-order valence-electron chi connectivity index (χ1n) is 20.6. The summed E-state index contributed by atoms with van der Waals surface area (Å²) in [6, 6.07) is 69.1. The number of nitrogens with zero attached hydrogens (tertiary/aromatic N) is 3. The first-order valence-corrected chi connectivity index (χ1v) is 20.6. The van der Waals surface area contributed by atoms with Gasteiger partial charge in [-0.25, -0.2) is 0 Å². The van der Waals surface area contributed by atoms with Crippen LogP contribution in [0, 0.1) is 6.92 Å². The molecule has 0 unspecified atom stereocenters. The lowest BCUT2D eigenvalue weighted by Crippen LogP contribution is -2.17. The van der Waals surface area contributed by atoms with Gasteiger partial charge in [0.1, 0.15) is 0 Å². The van der Waals surface area contributed by atoms with Crippen LogP contribution in [-0.4, -0.2) is 0 Å². The molecule has 0 spiro atoms. The molecule has 8 aromatic carbocycles. The second-order valence-corrected chi connectivity index (χ2v) is 14.8. The summed E-state index contributed by atoms with van der Waals surface area (Å²) in [5, 5.41) is 2.42. The molecular weight excluding hydrogens is 739 g/mol. The van der Waals surface area contributed by atoms with Gasteiger partial charge in [-0.3, -0.25) is 0 Å². The van der Waals surface area contributed by atoms with Crippen molar-refractivity contribution in [1.82, 2.24) is 0 Å². The van der Waals surface area contributed by atoms with Gasteiger partial charge in [0.2, 0.25) is 0 Å². The van der Waals surface area contributed by atoms with Crippen LogP contribution < -0.4 is 14.7 Å². The summed E-state index contributed by atoms with van der Waals surface area (Å²) in [5.41, 5.74) is 15.1. The highest BCUT2D eigenvalue weighted by molar-refractivity contribution is 5.99. The van der Waals surface area contributed by atoms with E-state index in [0.717, 1.165) is 73.5 Å². The summed E-state index contributed by atoms with van der Waals surface area (Å²) in [7, 11) is 0. The molecule has 0 radical (unpaired) electrons. The Hall–Kier alpha value is -7.88. The fraction of sp³-hybridized carbons (Fsp3) is 0.0345. The summed E-state index contributed by atoms with van der Waals surface area (Å²) in [5.74, 6) is 0. The van der Waals surface area contributed by atoms with Crippen molar-refractivity contribution in [3.63, 3.8) is 0 Å². The van der Waals surface area contributed by atoms with Gasteiger partial charge in [-0.2, -0.15) is 0 Å². The third-order valence-electron chi connectivity index (χ3n) is 11.0. The standard InChI is InChI=1S/C58H49N3/c1-6-18-48(8-3)59(49-22-11-10-12-23-49)50-39-41-54(42-40-50)60(57(9-4)55-24-15-13-19-44(55)7-2)52-35-29-45(30-36-52)46-31-37-53(38-32-46)61(51-33-27-43(5)28-34-51)58-26-17-21-47-20-14-16-25-56(47)58/h6-42H,1-3H2,4-5H3/b48-18+,57-9+. The fourth-order valence-electron chi connectivity index (χ4n) is 8.00. The van der Waals surface area contributed by atoms with Crippen molar-refractivity contribution in [3.8, 4) is 11.1 Å². The minimum absolute atomic E-state index is 0.930. The monoisotopic (exact) mass is 787 g/mol. The lowest BCUT2D eigenvalue weighted by atomic mass is 10.0. The number of fused-ring (bicyclic) bond motifs is 1. The maximum Gasteiger partial charge on any atom is 0.0540 e. The second kappa shape index (κ2) is 18.4. The molecule has 0 aromatic heterocycles. The highest BCUT2D eigenvalue weighted by atomic mass is 15.2. The van der Waals surface area contributed by atoms with Crippen LogP contribution in [0.2, 0.25) is 0 Å². The van der Waals surface area contributed by atoms with Crippen LogP contribution in [0.5, 0.6) is 0 Å². The molecule has 0 aliphatic heterocycles. The van der Waals surface area contributed by atoms with Gasteiger partial charge in [0, 0.05) is 56.5 Å². The Bertz CT molecular complexity index is 2840. The average molecular weight is 788 g/mol. The molecule has 0 atom stereocenters. The van der Waals surface area contributed by atoms with E-state index in [0.29, 0.717) is 0 Å². The molecule has 61 heavy (non-hydrogen) atoms. The molecule has 296 valence electrons. The average Bonchev–Trinajstić information content (AvgIpc) is 3.32. The maximum absolute atomic E-state index is 4.15. The molecule has 0 fully saturated rings. The molecule has 0 N–H and O–H groups in total. The third kappa shape index (κ3) is 8.36. The number of para-hydroxylation sites is 1. The Balaban J connectivity index is 1.16. The largest absolute Gasteiger partial charge is 0.311 e. The Morgan fingerprint density at radius 3 is 1.59 bits per heavy atom.